The summed E-state index contributed by atoms with van der Waals surface area (Å²) >= 11 is 11.9. The first-order chi connectivity index (χ1) is 10.1. The summed E-state index contributed by atoms with van der Waals surface area (Å²) in [6.07, 6.45) is 3.59. The molecule has 1 fully saturated rings. The zero-order valence-electron chi connectivity index (χ0n) is 11.2. The van der Waals surface area contributed by atoms with Gasteiger partial charge in [0.25, 0.3) is 5.91 Å². The molecule has 21 heavy (non-hydrogen) atoms. The predicted molar refractivity (Wildman–Crippen MR) is 83.9 cm³/mol. The Hall–Kier alpha value is -1.58. The Morgan fingerprint density at radius 1 is 1.14 bits per heavy atom. The zero-order chi connectivity index (χ0) is 14.8. The smallest absolute Gasteiger partial charge is 0.271 e. The van der Waals surface area contributed by atoms with E-state index in [2.05, 4.69) is 10.3 Å². The highest BCUT2D eigenvalue weighted by molar-refractivity contribution is 6.33. The topological polar surface area (TPSA) is 42.0 Å². The lowest BCUT2D eigenvalue weighted by molar-refractivity contribution is 0.0900. The van der Waals surface area contributed by atoms with Crippen molar-refractivity contribution in [3.8, 4) is 0 Å². The number of rotatable bonds is 3. The largest absolute Gasteiger partial charge is 0.347 e. The molecule has 108 valence electrons. The van der Waals surface area contributed by atoms with E-state index >= 15 is 0 Å². The maximum Gasteiger partial charge on any atom is 0.271 e. The third-order valence-corrected chi connectivity index (χ3v) is 4.42. The molecule has 3 rings (SSSR count). The number of benzene rings is 1. The van der Waals surface area contributed by atoms with Crippen molar-refractivity contribution in [2.45, 2.75) is 24.8 Å². The second-order valence-electron chi connectivity index (χ2n) is 5.15. The second-order valence-corrected chi connectivity index (χ2v) is 5.99. The predicted octanol–water partition coefficient (Wildman–Crippen LogP) is 4.06. The number of amides is 1. The fourth-order valence-corrected chi connectivity index (χ4v) is 2.90. The third kappa shape index (κ3) is 3.04. The number of hydrogen-bond donors (Lipinski definition) is 1. The van der Waals surface area contributed by atoms with Crippen molar-refractivity contribution in [2.24, 2.45) is 0 Å². The van der Waals surface area contributed by atoms with Crippen LogP contribution in [0.3, 0.4) is 0 Å². The van der Waals surface area contributed by atoms with Crippen LogP contribution in [0.5, 0.6) is 0 Å². The van der Waals surface area contributed by atoms with Gasteiger partial charge in [0.2, 0.25) is 0 Å². The van der Waals surface area contributed by atoms with E-state index in [0.29, 0.717) is 10.9 Å². The zero-order valence-corrected chi connectivity index (χ0v) is 12.7. The molecule has 1 aliphatic rings. The Morgan fingerprint density at radius 3 is 2.52 bits per heavy atom. The Labute approximate surface area is 133 Å². The summed E-state index contributed by atoms with van der Waals surface area (Å²) in [5.74, 6) is 0.109. The van der Waals surface area contributed by atoms with Gasteiger partial charge in [-0.1, -0.05) is 35.3 Å². The van der Waals surface area contributed by atoms with Crippen molar-refractivity contribution in [3.05, 3.63) is 63.9 Å². The van der Waals surface area contributed by atoms with E-state index in [1.807, 2.05) is 24.3 Å². The molecule has 0 aliphatic heterocycles. The van der Waals surface area contributed by atoms with E-state index in [0.717, 1.165) is 17.9 Å². The second kappa shape index (κ2) is 6.04. The minimum absolute atomic E-state index is 0.122. The van der Waals surface area contributed by atoms with Crippen LogP contribution in [0.2, 0.25) is 10.0 Å². The first kappa shape index (κ1) is 14.4. The van der Waals surface area contributed by atoms with Crippen LogP contribution in [0.25, 0.3) is 0 Å². The van der Waals surface area contributed by atoms with Crippen molar-refractivity contribution in [1.29, 1.82) is 0 Å². The van der Waals surface area contributed by atoms with Gasteiger partial charge in [-0.15, -0.1) is 0 Å². The van der Waals surface area contributed by atoms with Gasteiger partial charge in [-0.05, 0) is 42.7 Å². The summed E-state index contributed by atoms with van der Waals surface area (Å²) in [5.41, 5.74) is 1.48. The summed E-state index contributed by atoms with van der Waals surface area (Å²) in [6.45, 7) is 0. The van der Waals surface area contributed by atoms with Crippen molar-refractivity contribution in [1.82, 2.24) is 10.3 Å². The van der Waals surface area contributed by atoms with Crippen LogP contribution in [0.1, 0.15) is 34.8 Å². The standard InChI is InChI=1S/C16H14Cl2N2O/c17-11-5-3-10(4-6-11)12-7-8-14(12)20-16(21)15-13(18)2-1-9-19-15/h1-6,9,12,14H,7-8H2,(H,20,21)/t12-,14-/m0/s1. The number of aromatic nitrogens is 1. The molecule has 5 heteroatoms. The van der Waals surface area contributed by atoms with Crippen LogP contribution in [0, 0.1) is 0 Å². The summed E-state index contributed by atoms with van der Waals surface area (Å²) in [6, 6.07) is 11.3. The van der Waals surface area contributed by atoms with Gasteiger partial charge in [-0.2, -0.15) is 0 Å². The summed E-state index contributed by atoms with van der Waals surface area (Å²) < 4.78 is 0. The molecular weight excluding hydrogens is 307 g/mol. The first-order valence-electron chi connectivity index (χ1n) is 6.82. The van der Waals surface area contributed by atoms with E-state index in [9.17, 15) is 4.79 Å². The number of nitrogens with one attached hydrogen (secondary N) is 1. The van der Waals surface area contributed by atoms with Gasteiger partial charge in [0, 0.05) is 23.2 Å². The van der Waals surface area contributed by atoms with E-state index in [1.54, 1.807) is 18.3 Å². The number of halogens is 2. The van der Waals surface area contributed by atoms with Gasteiger partial charge >= 0.3 is 0 Å². The van der Waals surface area contributed by atoms with Crippen LogP contribution in [0.15, 0.2) is 42.6 Å². The van der Waals surface area contributed by atoms with E-state index in [-0.39, 0.29) is 17.6 Å². The molecular formula is C16H14Cl2N2O. The number of pyridine rings is 1. The van der Waals surface area contributed by atoms with Gasteiger partial charge < -0.3 is 5.32 Å². The highest BCUT2D eigenvalue weighted by Crippen LogP contribution is 2.37. The van der Waals surface area contributed by atoms with Crippen LogP contribution in [-0.2, 0) is 0 Å². The molecule has 1 heterocycles. The van der Waals surface area contributed by atoms with Gasteiger partial charge in [0.05, 0.1) is 5.02 Å². The quantitative estimate of drug-likeness (QED) is 0.926. The summed E-state index contributed by atoms with van der Waals surface area (Å²) in [4.78, 5) is 16.3. The van der Waals surface area contributed by atoms with Crippen LogP contribution >= 0.6 is 23.2 Å². The van der Waals surface area contributed by atoms with Gasteiger partial charge in [0.15, 0.2) is 0 Å². The van der Waals surface area contributed by atoms with Crippen LogP contribution < -0.4 is 5.32 Å². The van der Waals surface area contributed by atoms with Crippen molar-refractivity contribution in [3.63, 3.8) is 0 Å². The highest BCUT2D eigenvalue weighted by Gasteiger charge is 2.33. The Bertz CT molecular complexity index is 658. The van der Waals surface area contributed by atoms with Gasteiger partial charge in [-0.3, -0.25) is 4.79 Å². The van der Waals surface area contributed by atoms with E-state index in [4.69, 9.17) is 23.2 Å². The lowest BCUT2D eigenvalue weighted by Crippen LogP contribution is -2.45. The maximum atomic E-state index is 12.2. The monoisotopic (exact) mass is 320 g/mol. The molecule has 1 aromatic heterocycles. The Balaban J connectivity index is 1.70. The third-order valence-electron chi connectivity index (χ3n) is 3.86. The van der Waals surface area contributed by atoms with Gasteiger partial charge in [-0.25, -0.2) is 4.98 Å². The molecule has 1 saturated carbocycles. The fourth-order valence-electron chi connectivity index (χ4n) is 2.57. The van der Waals surface area contributed by atoms with Crippen molar-refractivity contribution < 1.29 is 4.79 Å². The average Bonchev–Trinajstić information content (AvgIpc) is 2.46. The molecule has 1 amide bonds. The number of carbonyl (C=O) groups excluding carboxylic acids is 1. The summed E-state index contributed by atoms with van der Waals surface area (Å²) in [5, 5.41) is 4.11. The van der Waals surface area contributed by atoms with E-state index in [1.165, 1.54) is 5.56 Å². The first-order valence-corrected chi connectivity index (χ1v) is 7.57. The van der Waals surface area contributed by atoms with E-state index < -0.39 is 0 Å². The highest BCUT2D eigenvalue weighted by atomic mass is 35.5. The summed E-state index contributed by atoms with van der Waals surface area (Å²) in [7, 11) is 0. The minimum Gasteiger partial charge on any atom is -0.347 e. The number of hydrogen-bond acceptors (Lipinski definition) is 2. The molecule has 0 spiro atoms. The molecule has 0 bridgehead atoms. The molecule has 0 saturated heterocycles. The molecule has 1 aromatic carbocycles. The SMILES string of the molecule is O=C(N[C@H]1CC[C@H]1c1ccc(Cl)cc1)c1ncccc1Cl. The molecule has 1 N–H and O–H groups in total. The Kier molecular flexibility index (Phi) is 4.13. The fraction of sp³-hybridized carbons (Fsp3) is 0.250. The molecule has 2 atom stereocenters. The molecule has 1 aliphatic carbocycles. The minimum atomic E-state index is -0.218. The molecule has 3 nitrogen and oxygen atoms in total. The van der Waals surface area contributed by atoms with Crippen LogP contribution in [0.4, 0.5) is 0 Å². The maximum absolute atomic E-state index is 12.2. The lowest BCUT2D eigenvalue weighted by Gasteiger charge is -2.37. The van der Waals surface area contributed by atoms with Gasteiger partial charge in [0.1, 0.15) is 5.69 Å². The normalized spacial score (nSPS) is 20.7. The lowest BCUT2D eigenvalue weighted by atomic mass is 9.75. The molecule has 0 radical (unpaired) electrons. The number of nitrogens with zero attached hydrogens (tertiary/aromatic N) is 1. The van der Waals surface area contributed by atoms with Crippen molar-refractivity contribution >= 4 is 29.1 Å². The molecule has 0 unspecified atom stereocenters. The van der Waals surface area contributed by atoms with Crippen molar-refractivity contribution in [2.75, 3.05) is 0 Å². The average molecular weight is 321 g/mol. The van der Waals surface area contributed by atoms with Crippen LogP contribution in [-0.4, -0.2) is 16.9 Å². The number of carbonyl (C=O) groups is 1. The Morgan fingerprint density at radius 2 is 1.90 bits per heavy atom. The molecule has 2 aromatic rings.